The van der Waals surface area contributed by atoms with E-state index >= 15 is 0 Å². The second-order valence-electron chi connectivity index (χ2n) is 5.08. The van der Waals surface area contributed by atoms with Gasteiger partial charge in [-0.05, 0) is 31.0 Å². The average molecular weight is 283 g/mol. The summed E-state index contributed by atoms with van der Waals surface area (Å²) in [4.78, 5) is 6.40. The second kappa shape index (κ2) is 5.98. The molecule has 106 valence electrons. The van der Waals surface area contributed by atoms with Gasteiger partial charge in [-0.2, -0.15) is 0 Å². The summed E-state index contributed by atoms with van der Waals surface area (Å²) in [6.45, 7) is 1.54. The highest BCUT2D eigenvalue weighted by Gasteiger charge is 2.27. The Bertz CT molecular complexity index is 502. The van der Waals surface area contributed by atoms with Gasteiger partial charge >= 0.3 is 0 Å². The standard InChI is InChI=1S/C13H21N3O2S/c1-15(2)19(17,18)10-9-16-8-4-6-13(16)12-5-3-7-14-11-12/h3,5,7,11,13H,4,6,8-10H2,1-2H3. The van der Waals surface area contributed by atoms with Gasteiger partial charge in [0.25, 0.3) is 0 Å². The molecule has 2 heterocycles. The summed E-state index contributed by atoms with van der Waals surface area (Å²) in [5.74, 6) is 0.177. The van der Waals surface area contributed by atoms with Gasteiger partial charge in [0.1, 0.15) is 0 Å². The number of likely N-dealkylation sites (tertiary alicyclic amines) is 1. The topological polar surface area (TPSA) is 53.5 Å². The molecule has 19 heavy (non-hydrogen) atoms. The predicted molar refractivity (Wildman–Crippen MR) is 75.3 cm³/mol. The normalized spacial score (nSPS) is 21.1. The quantitative estimate of drug-likeness (QED) is 0.812. The smallest absolute Gasteiger partial charge is 0.214 e. The first-order valence-corrected chi connectivity index (χ1v) is 8.16. The Labute approximate surface area is 115 Å². The zero-order chi connectivity index (χ0) is 13.9. The minimum atomic E-state index is -3.12. The maximum atomic E-state index is 11.8. The highest BCUT2D eigenvalue weighted by Crippen LogP contribution is 2.30. The molecule has 1 aromatic heterocycles. The molecule has 0 bridgehead atoms. The molecule has 0 amide bonds. The maximum Gasteiger partial charge on any atom is 0.214 e. The van der Waals surface area contributed by atoms with Gasteiger partial charge in [0.2, 0.25) is 10.0 Å². The molecule has 1 fully saturated rings. The molecule has 1 atom stereocenters. The van der Waals surface area contributed by atoms with Crippen molar-refractivity contribution in [2.45, 2.75) is 18.9 Å². The van der Waals surface area contributed by atoms with Gasteiger partial charge in [0.05, 0.1) is 5.75 Å². The van der Waals surface area contributed by atoms with Gasteiger partial charge in [0.15, 0.2) is 0 Å². The van der Waals surface area contributed by atoms with E-state index in [1.54, 1.807) is 20.3 Å². The number of rotatable bonds is 5. The number of nitrogens with zero attached hydrogens (tertiary/aromatic N) is 3. The molecule has 2 rings (SSSR count). The first kappa shape index (κ1) is 14.4. The van der Waals surface area contributed by atoms with Crippen LogP contribution < -0.4 is 0 Å². The molecule has 1 aliphatic heterocycles. The summed E-state index contributed by atoms with van der Waals surface area (Å²) in [7, 11) is 0.0473. The predicted octanol–water partition coefficient (Wildman–Crippen LogP) is 1.11. The Balaban J connectivity index is 2.01. The Morgan fingerprint density at radius 3 is 2.89 bits per heavy atom. The van der Waals surface area contributed by atoms with Crippen LogP contribution in [0.5, 0.6) is 0 Å². The fourth-order valence-corrected chi connectivity index (χ4v) is 3.29. The second-order valence-corrected chi connectivity index (χ2v) is 7.38. The van der Waals surface area contributed by atoms with Crippen molar-refractivity contribution in [2.75, 3.05) is 32.9 Å². The zero-order valence-corrected chi connectivity index (χ0v) is 12.3. The van der Waals surface area contributed by atoms with Crippen LogP contribution in [0.1, 0.15) is 24.4 Å². The third-order valence-electron chi connectivity index (χ3n) is 3.63. The minimum Gasteiger partial charge on any atom is -0.295 e. The molecular formula is C13H21N3O2S. The van der Waals surface area contributed by atoms with Crippen molar-refractivity contribution >= 4 is 10.0 Å². The van der Waals surface area contributed by atoms with E-state index in [1.807, 2.05) is 12.3 Å². The first-order valence-electron chi connectivity index (χ1n) is 6.55. The number of pyridine rings is 1. The Morgan fingerprint density at radius 1 is 1.47 bits per heavy atom. The number of hydrogen-bond donors (Lipinski definition) is 0. The zero-order valence-electron chi connectivity index (χ0n) is 11.5. The van der Waals surface area contributed by atoms with Crippen molar-refractivity contribution in [1.29, 1.82) is 0 Å². The fraction of sp³-hybridized carbons (Fsp3) is 0.615. The summed E-state index contributed by atoms with van der Waals surface area (Å²) in [6.07, 6.45) is 5.83. The van der Waals surface area contributed by atoms with Crippen LogP contribution in [0.15, 0.2) is 24.5 Å². The summed E-state index contributed by atoms with van der Waals surface area (Å²) in [5.41, 5.74) is 1.18. The lowest BCUT2D eigenvalue weighted by Crippen LogP contribution is -2.34. The summed E-state index contributed by atoms with van der Waals surface area (Å²) in [6, 6.07) is 4.31. The maximum absolute atomic E-state index is 11.8. The van der Waals surface area contributed by atoms with Crippen LogP contribution in [0.25, 0.3) is 0 Å². The summed E-state index contributed by atoms with van der Waals surface area (Å²) < 4.78 is 24.9. The summed E-state index contributed by atoms with van der Waals surface area (Å²) >= 11 is 0. The monoisotopic (exact) mass is 283 g/mol. The van der Waals surface area contributed by atoms with Crippen molar-refractivity contribution < 1.29 is 8.42 Å². The van der Waals surface area contributed by atoms with Gasteiger partial charge in [-0.3, -0.25) is 9.88 Å². The van der Waals surface area contributed by atoms with Crippen molar-refractivity contribution in [1.82, 2.24) is 14.2 Å². The average Bonchev–Trinajstić information content (AvgIpc) is 2.85. The molecule has 0 N–H and O–H groups in total. The highest BCUT2D eigenvalue weighted by atomic mass is 32.2. The molecule has 1 aliphatic rings. The lowest BCUT2D eigenvalue weighted by atomic mass is 10.1. The van der Waals surface area contributed by atoms with E-state index in [4.69, 9.17) is 0 Å². The highest BCUT2D eigenvalue weighted by molar-refractivity contribution is 7.89. The van der Waals surface area contributed by atoms with Crippen LogP contribution in [-0.2, 0) is 10.0 Å². The Morgan fingerprint density at radius 2 is 2.26 bits per heavy atom. The van der Waals surface area contributed by atoms with Crippen molar-refractivity contribution in [3.63, 3.8) is 0 Å². The van der Waals surface area contributed by atoms with Gasteiger partial charge in [-0.25, -0.2) is 12.7 Å². The molecule has 0 aromatic carbocycles. The van der Waals surface area contributed by atoms with E-state index in [1.165, 1.54) is 9.87 Å². The SMILES string of the molecule is CN(C)S(=O)(=O)CCN1CCCC1c1cccnc1. The molecule has 5 nitrogen and oxygen atoms in total. The third kappa shape index (κ3) is 3.52. The molecular weight excluding hydrogens is 262 g/mol. The van der Waals surface area contributed by atoms with Crippen LogP contribution in [0.4, 0.5) is 0 Å². The van der Waals surface area contributed by atoms with E-state index in [0.29, 0.717) is 12.6 Å². The lowest BCUT2D eigenvalue weighted by Gasteiger charge is -2.25. The van der Waals surface area contributed by atoms with E-state index < -0.39 is 10.0 Å². The van der Waals surface area contributed by atoms with Crippen LogP contribution in [-0.4, -0.2) is 55.5 Å². The molecule has 0 radical (unpaired) electrons. The van der Waals surface area contributed by atoms with E-state index in [2.05, 4.69) is 16.0 Å². The van der Waals surface area contributed by atoms with Crippen LogP contribution in [0.2, 0.25) is 0 Å². The molecule has 1 aromatic rings. The lowest BCUT2D eigenvalue weighted by molar-refractivity contribution is 0.271. The van der Waals surface area contributed by atoms with Gasteiger partial charge in [-0.1, -0.05) is 6.07 Å². The fourth-order valence-electron chi connectivity index (χ4n) is 2.46. The van der Waals surface area contributed by atoms with Crippen LogP contribution >= 0.6 is 0 Å². The molecule has 0 saturated carbocycles. The number of sulfonamides is 1. The molecule has 1 unspecified atom stereocenters. The molecule has 0 aliphatic carbocycles. The van der Waals surface area contributed by atoms with Crippen molar-refractivity contribution in [3.05, 3.63) is 30.1 Å². The largest absolute Gasteiger partial charge is 0.295 e. The minimum absolute atomic E-state index is 0.177. The Kier molecular flexibility index (Phi) is 4.54. The van der Waals surface area contributed by atoms with Crippen LogP contribution in [0.3, 0.4) is 0 Å². The molecule has 6 heteroatoms. The van der Waals surface area contributed by atoms with E-state index in [-0.39, 0.29) is 5.75 Å². The molecule has 0 spiro atoms. The van der Waals surface area contributed by atoms with Gasteiger partial charge in [0, 0.05) is 39.1 Å². The van der Waals surface area contributed by atoms with E-state index in [9.17, 15) is 8.42 Å². The van der Waals surface area contributed by atoms with Gasteiger partial charge < -0.3 is 0 Å². The number of aromatic nitrogens is 1. The number of hydrogen-bond acceptors (Lipinski definition) is 4. The van der Waals surface area contributed by atoms with Crippen molar-refractivity contribution in [3.8, 4) is 0 Å². The Hall–Kier alpha value is -0.980. The van der Waals surface area contributed by atoms with Crippen molar-refractivity contribution in [2.24, 2.45) is 0 Å². The van der Waals surface area contributed by atoms with Gasteiger partial charge in [-0.15, -0.1) is 0 Å². The molecule has 1 saturated heterocycles. The first-order chi connectivity index (χ1) is 9.00. The third-order valence-corrected chi connectivity index (χ3v) is 5.44. The van der Waals surface area contributed by atoms with Crippen LogP contribution in [0, 0.1) is 0 Å². The van der Waals surface area contributed by atoms with E-state index in [0.717, 1.165) is 19.4 Å². The summed E-state index contributed by atoms with van der Waals surface area (Å²) in [5, 5.41) is 0.